The maximum atomic E-state index is 3.20. The number of benzene rings is 1. The van der Waals surface area contributed by atoms with E-state index in [0.717, 1.165) is 13.0 Å². The van der Waals surface area contributed by atoms with Crippen molar-refractivity contribution in [3.8, 4) is 0 Å². The van der Waals surface area contributed by atoms with E-state index in [2.05, 4.69) is 42.3 Å². The normalized spacial score (nSPS) is 14.6. The van der Waals surface area contributed by atoms with Gasteiger partial charge in [-0.1, -0.05) is 12.1 Å². The van der Waals surface area contributed by atoms with Gasteiger partial charge in [0.05, 0.1) is 0 Å². The fraction of sp³-hybridized carbons (Fsp3) is 0.571. The quantitative estimate of drug-likeness (QED) is 0.833. The molecule has 0 saturated carbocycles. The Morgan fingerprint density at radius 2 is 2.19 bits per heavy atom. The number of anilines is 1. The molecule has 0 aliphatic carbocycles. The van der Waals surface area contributed by atoms with Crippen molar-refractivity contribution in [2.75, 3.05) is 25.0 Å². The highest BCUT2D eigenvalue weighted by Gasteiger charge is 2.20. The lowest BCUT2D eigenvalue weighted by molar-refractivity contribution is 0.709. The van der Waals surface area contributed by atoms with Crippen molar-refractivity contribution in [2.24, 2.45) is 0 Å². The van der Waals surface area contributed by atoms with Crippen molar-refractivity contribution in [1.29, 1.82) is 0 Å². The fourth-order valence-corrected chi connectivity index (χ4v) is 2.41. The van der Waals surface area contributed by atoms with Gasteiger partial charge in [-0.3, -0.25) is 0 Å². The Balaban J connectivity index is 2.20. The van der Waals surface area contributed by atoms with Crippen molar-refractivity contribution in [2.45, 2.75) is 32.7 Å². The first-order valence-electron chi connectivity index (χ1n) is 6.25. The molecule has 0 spiro atoms. The zero-order valence-corrected chi connectivity index (χ0v) is 10.6. The van der Waals surface area contributed by atoms with Gasteiger partial charge >= 0.3 is 0 Å². The van der Waals surface area contributed by atoms with Crippen LogP contribution in [0, 0.1) is 0 Å². The maximum Gasteiger partial charge on any atom is 0.0404 e. The molecule has 1 aromatic carbocycles. The average molecular weight is 218 g/mol. The number of nitrogens with one attached hydrogen (secondary N) is 1. The summed E-state index contributed by atoms with van der Waals surface area (Å²) in [7, 11) is 2.01. The van der Waals surface area contributed by atoms with Gasteiger partial charge in [-0.05, 0) is 57.5 Å². The number of fused-ring (bicyclic) bond motifs is 1. The van der Waals surface area contributed by atoms with Gasteiger partial charge in [-0.25, -0.2) is 0 Å². The van der Waals surface area contributed by atoms with E-state index in [1.807, 2.05) is 7.05 Å². The van der Waals surface area contributed by atoms with Gasteiger partial charge in [0.25, 0.3) is 0 Å². The van der Waals surface area contributed by atoms with Gasteiger partial charge in [-0.15, -0.1) is 0 Å². The first-order valence-corrected chi connectivity index (χ1v) is 6.25. The minimum absolute atomic E-state index is 0.612. The van der Waals surface area contributed by atoms with E-state index in [4.69, 9.17) is 0 Å². The Kier molecular flexibility index (Phi) is 3.49. The summed E-state index contributed by atoms with van der Waals surface area (Å²) in [6.45, 7) is 6.79. The Bertz CT molecular complexity index is 358. The van der Waals surface area contributed by atoms with Crippen LogP contribution < -0.4 is 10.2 Å². The predicted octanol–water partition coefficient (Wildman–Crippen LogP) is 2.22. The highest BCUT2D eigenvalue weighted by molar-refractivity contribution is 5.60. The molecule has 1 aliphatic rings. The lowest BCUT2D eigenvalue weighted by atomic mass is 10.1. The van der Waals surface area contributed by atoms with Crippen LogP contribution in [-0.2, 0) is 12.8 Å². The minimum atomic E-state index is 0.612. The summed E-state index contributed by atoms with van der Waals surface area (Å²) in [6.07, 6.45) is 2.33. The summed E-state index contributed by atoms with van der Waals surface area (Å²) in [4.78, 5) is 2.51. The van der Waals surface area contributed by atoms with Crippen LogP contribution in [0.4, 0.5) is 5.69 Å². The average Bonchev–Trinajstić information content (AvgIpc) is 2.69. The minimum Gasteiger partial charge on any atom is -0.369 e. The Hall–Kier alpha value is -1.02. The third-order valence-electron chi connectivity index (χ3n) is 3.37. The molecule has 1 aromatic rings. The molecule has 0 atom stereocenters. The molecule has 0 saturated heterocycles. The van der Waals surface area contributed by atoms with Gasteiger partial charge in [0, 0.05) is 18.3 Å². The highest BCUT2D eigenvalue weighted by Crippen LogP contribution is 2.30. The van der Waals surface area contributed by atoms with Crippen LogP contribution in [0.15, 0.2) is 18.2 Å². The molecule has 16 heavy (non-hydrogen) atoms. The van der Waals surface area contributed by atoms with Gasteiger partial charge in [0.2, 0.25) is 0 Å². The van der Waals surface area contributed by atoms with Crippen molar-refractivity contribution in [1.82, 2.24) is 5.32 Å². The molecule has 1 aliphatic heterocycles. The number of likely N-dealkylation sites (N-methyl/N-ethyl adjacent to an activating group) is 1. The SMILES string of the molecule is CNCCc1ccc2c(c1)N(C(C)C)CC2. The van der Waals surface area contributed by atoms with Gasteiger partial charge in [0.1, 0.15) is 0 Å². The molecule has 2 rings (SSSR count). The number of hydrogen-bond donors (Lipinski definition) is 1. The molecule has 0 aromatic heterocycles. The van der Waals surface area contributed by atoms with E-state index < -0.39 is 0 Å². The third kappa shape index (κ3) is 2.22. The van der Waals surface area contributed by atoms with Crippen molar-refractivity contribution in [3.05, 3.63) is 29.3 Å². The Morgan fingerprint density at radius 3 is 2.88 bits per heavy atom. The van der Waals surface area contributed by atoms with Crippen LogP contribution in [0.5, 0.6) is 0 Å². The van der Waals surface area contributed by atoms with Crippen LogP contribution in [-0.4, -0.2) is 26.2 Å². The van der Waals surface area contributed by atoms with E-state index in [-0.39, 0.29) is 0 Å². The number of rotatable bonds is 4. The summed E-state index contributed by atoms with van der Waals surface area (Å²) < 4.78 is 0. The smallest absolute Gasteiger partial charge is 0.0404 e. The molecule has 0 amide bonds. The molecular weight excluding hydrogens is 196 g/mol. The Labute approximate surface area is 98.7 Å². The van der Waals surface area contributed by atoms with Gasteiger partial charge in [0.15, 0.2) is 0 Å². The maximum absolute atomic E-state index is 3.20. The van der Waals surface area contributed by atoms with E-state index in [1.54, 1.807) is 0 Å². The van der Waals surface area contributed by atoms with E-state index in [0.29, 0.717) is 6.04 Å². The zero-order chi connectivity index (χ0) is 11.5. The second kappa shape index (κ2) is 4.88. The molecule has 0 radical (unpaired) electrons. The number of hydrogen-bond acceptors (Lipinski definition) is 2. The van der Waals surface area contributed by atoms with Crippen molar-refractivity contribution >= 4 is 5.69 Å². The molecule has 0 unspecified atom stereocenters. The molecule has 0 fully saturated rings. The topological polar surface area (TPSA) is 15.3 Å². The highest BCUT2D eigenvalue weighted by atomic mass is 15.2. The lowest BCUT2D eigenvalue weighted by Gasteiger charge is -2.24. The standard InChI is InChI=1S/C14H22N2/c1-11(2)16-9-7-13-5-4-12(6-8-15-3)10-14(13)16/h4-5,10-11,15H,6-9H2,1-3H3. The molecule has 0 bridgehead atoms. The summed E-state index contributed by atoms with van der Waals surface area (Å²) in [6, 6.07) is 7.57. The molecule has 1 heterocycles. The Morgan fingerprint density at radius 1 is 1.38 bits per heavy atom. The number of nitrogens with zero attached hydrogens (tertiary/aromatic N) is 1. The largest absolute Gasteiger partial charge is 0.369 e. The van der Waals surface area contributed by atoms with Crippen LogP contribution in [0.2, 0.25) is 0 Å². The van der Waals surface area contributed by atoms with Gasteiger partial charge < -0.3 is 10.2 Å². The van der Waals surface area contributed by atoms with E-state index in [9.17, 15) is 0 Å². The second-order valence-electron chi connectivity index (χ2n) is 4.85. The molecular formula is C14H22N2. The summed E-state index contributed by atoms with van der Waals surface area (Å²) in [5, 5.41) is 3.20. The first-order chi connectivity index (χ1) is 7.72. The van der Waals surface area contributed by atoms with Crippen LogP contribution in [0.25, 0.3) is 0 Å². The van der Waals surface area contributed by atoms with Crippen molar-refractivity contribution in [3.63, 3.8) is 0 Å². The summed E-state index contributed by atoms with van der Waals surface area (Å²) in [5.74, 6) is 0. The van der Waals surface area contributed by atoms with Gasteiger partial charge in [-0.2, -0.15) is 0 Å². The van der Waals surface area contributed by atoms with Crippen LogP contribution in [0.1, 0.15) is 25.0 Å². The second-order valence-corrected chi connectivity index (χ2v) is 4.85. The third-order valence-corrected chi connectivity index (χ3v) is 3.37. The summed E-state index contributed by atoms with van der Waals surface area (Å²) in [5.41, 5.74) is 4.42. The molecule has 1 N–H and O–H groups in total. The lowest BCUT2D eigenvalue weighted by Crippen LogP contribution is -2.28. The fourth-order valence-electron chi connectivity index (χ4n) is 2.41. The molecule has 2 heteroatoms. The zero-order valence-electron chi connectivity index (χ0n) is 10.6. The summed E-state index contributed by atoms with van der Waals surface area (Å²) >= 11 is 0. The van der Waals surface area contributed by atoms with E-state index >= 15 is 0 Å². The van der Waals surface area contributed by atoms with E-state index in [1.165, 1.54) is 29.8 Å². The predicted molar refractivity (Wildman–Crippen MR) is 70.3 cm³/mol. The first kappa shape index (κ1) is 11.5. The molecule has 88 valence electrons. The van der Waals surface area contributed by atoms with Crippen molar-refractivity contribution < 1.29 is 0 Å². The van der Waals surface area contributed by atoms with Crippen LogP contribution in [0.3, 0.4) is 0 Å². The van der Waals surface area contributed by atoms with Crippen LogP contribution >= 0.6 is 0 Å². The molecule has 2 nitrogen and oxygen atoms in total. The monoisotopic (exact) mass is 218 g/mol.